The number of aliphatic hydroxyl groups excluding tert-OH is 2. The third-order valence-electron chi connectivity index (χ3n) is 9.59. The molecule has 172 valence electrons. The topological polar surface area (TPSA) is 93.1 Å². The molecular weight excluding hydrogens is 403 g/mol. The van der Waals surface area contributed by atoms with Crippen molar-refractivity contribution in [3.05, 3.63) is 11.6 Å². The summed E-state index contributed by atoms with van der Waals surface area (Å²) in [6.45, 7) is 6.55. The highest BCUT2D eigenvalue weighted by Gasteiger charge is 2.80. The Hall–Kier alpha value is -1.15. The fourth-order valence-corrected chi connectivity index (χ4v) is 8.29. The maximum absolute atomic E-state index is 17.2. The fraction of sp³-hybridized carbons (Fsp3) is 0.833. The molecule has 0 radical (unpaired) electrons. The second-order valence-corrected chi connectivity index (χ2v) is 11.3. The van der Waals surface area contributed by atoms with Gasteiger partial charge in [-0.15, -0.1) is 0 Å². The summed E-state index contributed by atoms with van der Waals surface area (Å²) in [4.78, 5) is 25.2. The van der Waals surface area contributed by atoms with E-state index in [0.29, 0.717) is 25.7 Å². The van der Waals surface area contributed by atoms with Gasteiger partial charge in [0.1, 0.15) is 12.3 Å². The number of carbonyl (C=O) groups is 2. The number of alkyl halides is 1. The molecule has 2 N–H and O–H groups in total. The SMILES string of the molecule is CC1(C)OC2CC3C4CCC5=CC(=O)CCC5(C)C4(F)C(O)CC3(C)C2(C(=O)CO)O1. The highest BCUT2D eigenvalue weighted by molar-refractivity contribution is 5.92. The van der Waals surface area contributed by atoms with Crippen molar-refractivity contribution in [2.45, 2.75) is 95.5 Å². The van der Waals surface area contributed by atoms with Gasteiger partial charge < -0.3 is 19.7 Å². The van der Waals surface area contributed by atoms with Crippen molar-refractivity contribution in [2.24, 2.45) is 22.7 Å². The Balaban J connectivity index is 1.63. The number of ketones is 2. The molecule has 1 aliphatic heterocycles. The van der Waals surface area contributed by atoms with Crippen LogP contribution in [0.4, 0.5) is 4.39 Å². The summed E-state index contributed by atoms with van der Waals surface area (Å²) in [5, 5.41) is 21.2. The lowest BCUT2D eigenvalue weighted by atomic mass is 9.44. The molecule has 8 unspecified atom stereocenters. The quantitative estimate of drug-likeness (QED) is 0.691. The van der Waals surface area contributed by atoms with E-state index in [0.717, 1.165) is 5.57 Å². The van der Waals surface area contributed by atoms with Gasteiger partial charge in [0, 0.05) is 23.2 Å². The molecule has 0 bridgehead atoms. The first kappa shape index (κ1) is 21.7. The van der Waals surface area contributed by atoms with Crippen LogP contribution in [0.15, 0.2) is 11.6 Å². The summed E-state index contributed by atoms with van der Waals surface area (Å²) in [7, 11) is 0. The lowest BCUT2D eigenvalue weighted by Crippen LogP contribution is -2.70. The average Bonchev–Trinajstić information content (AvgIpc) is 3.09. The van der Waals surface area contributed by atoms with Crippen LogP contribution >= 0.6 is 0 Å². The second kappa shape index (κ2) is 6.25. The van der Waals surface area contributed by atoms with Crippen molar-refractivity contribution in [3.63, 3.8) is 0 Å². The number of allylic oxidation sites excluding steroid dienone is 1. The summed E-state index contributed by atoms with van der Waals surface area (Å²) in [6.07, 6.45) is 1.96. The predicted molar refractivity (Wildman–Crippen MR) is 109 cm³/mol. The van der Waals surface area contributed by atoms with E-state index < -0.39 is 58.4 Å². The summed E-state index contributed by atoms with van der Waals surface area (Å²) in [6, 6.07) is 0. The number of ether oxygens (including phenoxy) is 2. The third-order valence-corrected chi connectivity index (χ3v) is 9.59. The number of rotatable bonds is 2. The van der Waals surface area contributed by atoms with Crippen molar-refractivity contribution in [3.8, 4) is 0 Å². The molecule has 5 aliphatic rings. The Labute approximate surface area is 182 Å². The van der Waals surface area contributed by atoms with Crippen LogP contribution in [0.25, 0.3) is 0 Å². The molecule has 31 heavy (non-hydrogen) atoms. The number of aliphatic hydroxyl groups is 2. The second-order valence-electron chi connectivity index (χ2n) is 11.3. The van der Waals surface area contributed by atoms with E-state index in [1.54, 1.807) is 19.9 Å². The molecule has 4 aliphatic carbocycles. The normalized spacial score (nSPS) is 52.6. The van der Waals surface area contributed by atoms with Crippen molar-refractivity contribution < 1.29 is 33.7 Å². The zero-order chi connectivity index (χ0) is 22.6. The molecule has 0 aromatic heterocycles. The smallest absolute Gasteiger partial charge is 0.193 e. The van der Waals surface area contributed by atoms with E-state index >= 15 is 4.39 Å². The van der Waals surface area contributed by atoms with Gasteiger partial charge in [-0.25, -0.2) is 4.39 Å². The molecule has 5 rings (SSSR count). The van der Waals surface area contributed by atoms with Gasteiger partial charge in [-0.05, 0) is 57.9 Å². The van der Waals surface area contributed by atoms with Crippen molar-refractivity contribution in [1.82, 2.24) is 0 Å². The van der Waals surface area contributed by atoms with Gasteiger partial charge >= 0.3 is 0 Å². The first-order valence-electron chi connectivity index (χ1n) is 11.5. The third kappa shape index (κ3) is 2.36. The van der Waals surface area contributed by atoms with Crippen LogP contribution < -0.4 is 0 Å². The van der Waals surface area contributed by atoms with Crippen LogP contribution in [0, 0.1) is 22.7 Å². The fourth-order valence-electron chi connectivity index (χ4n) is 8.29. The standard InChI is InChI=1S/C24H33FO6/c1-20(2)30-19-10-16-15-6-5-13-9-14(27)7-8-21(13,3)23(15,25)17(28)11-22(16,4)24(19,31-20)18(29)12-26/h9,15-17,19,26,28H,5-8,10-12H2,1-4H3. The number of fused-ring (bicyclic) bond motifs is 7. The van der Waals surface area contributed by atoms with Gasteiger partial charge in [-0.2, -0.15) is 0 Å². The Morgan fingerprint density at radius 3 is 2.61 bits per heavy atom. The van der Waals surface area contributed by atoms with Crippen LogP contribution in [-0.4, -0.2) is 57.7 Å². The maximum Gasteiger partial charge on any atom is 0.193 e. The monoisotopic (exact) mass is 436 g/mol. The number of halogens is 1. The van der Waals surface area contributed by atoms with Gasteiger partial charge in [0.05, 0.1) is 12.2 Å². The number of carbonyl (C=O) groups excluding carboxylic acids is 2. The first-order chi connectivity index (χ1) is 14.4. The van der Waals surface area contributed by atoms with Crippen LogP contribution in [0.1, 0.15) is 66.2 Å². The molecule has 0 spiro atoms. The molecule has 0 amide bonds. The molecule has 3 saturated carbocycles. The van der Waals surface area contributed by atoms with E-state index in [1.807, 2.05) is 13.8 Å². The molecule has 7 heteroatoms. The van der Waals surface area contributed by atoms with Gasteiger partial charge in [0.15, 0.2) is 23.0 Å². The van der Waals surface area contributed by atoms with Crippen LogP contribution in [0.2, 0.25) is 0 Å². The van der Waals surface area contributed by atoms with Gasteiger partial charge in [0.25, 0.3) is 0 Å². The minimum Gasteiger partial charge on any atom is -0.390 e. The molecule has 8 atom stereocenters. The Kier molecular flexibility index (Phi) is 4.37. The molecule has 1 heterocycles. The molecule has 6 nitrogen and oxygen atoms in total. The summed E-state index contributed by atoms with van der Waals surface area (Å²) >= 11 is 0. The van der Waals surface area contributed by atoms with Gasteiger partial charge in [0.2, 0.25) is 0 Å². The maximum atomic E-state index is 17.2. The van der Waals surface area contributed by atoms with Crippen molar-refractivity contribution in [1.29, 1.82) is 0 Å². The number of hydrogen-bond acceptors (Lipinski definition) is 6. The van der Waals surface area contributed by atoms with Crippen molar-refractivity contribution >= 4 is 11.6 Å². The molecular formula is C24H33FO6. The van der Waals surface area contributed by atoms with Crippen molar-refractivity contribution in [2.75, 3.05) is 6.61 Å². The summed E-state index contributed by atoms with van der Waals surface area (Å²) in [5.74, 6) is -2.17. The van der Waals surface area contributed by atoms with E-state index in [4.69, 9.17) is 9.47 Å². The lowest BCUT2D eigenvalue weighted by molar-refractivity contribution is -0.251. The Bertz CT molecular complexity index is 883. The van der Waals surface area contributed by atoms with E-state index in [2.05, 4.69) is 0 Å². The summed E-state index contributed by atoms with van der Waals surface area (Å²) in [5.41, 5.74) is -4.26. The zero-order valence-electron chi connectivity index (χ0n) is 18.7. The molecule has 4 fully saturated rings. The molecule has 0 aromatic rings. The van der Waals surface area contributed by atoms with E-state index in [-0.39, 0.29) is 24.5 Å². The Morgan fingerprint density at radius 1 is 1.23 bits per heavy atom. The zero-order valence-corrected chi connectivity index (χ0v) is 18.7. The lowest BCUT2D eigenvalue weighted by Gasteiger charge is -2.63. The van der Waals surface area contributed by atoms with Gasteiger partial charge in [-0.1, -0.05) is 19.4 Å². The molecule has 1 saturated heterocycles. The van der Waals surface area contributed by atoms with Crippen LogP contribution in [0.3, 0.4) is 0 Å². The van der Waals surface area contributed by atoms with E-state index in [1.165, 1.54) is 0 Å². The largest absolute Gasteiger partial charge is 0.390 e. The summed E-state index contributed by atoms with van der Waals surface area (Å²) < 4.78 is 29.6. The Morgan fingerprint density at radius 2 is 1.94 bits per heavy atom. The van der Waals surface area contributed by atoms with E-state index in [9.17, 15) is 19.8 Å². The molecule has 0 aromatic carbocycles. The first-order valence-corrected chi connectivity index (χ1v) is 11.5. The number of Topliss-reactive ketones (excluding diaryl/α,β-unsaturated/α-hetero) is 1. The number of hydrogen-bond donors (Lipinski definition) is 2. The van der Waals surface area contributed by atoms with Crippen LogP contribution in [-0.2, 0) is 19.1 Å². The average molecular weight is 437 g/mol. The predicted octanol–water partition coefficient (Wildman–Crippen LogP) is 2.64. The van der Waals surface area contributed by atoms with Crippen LogP contribution in [0.5, 0.6) is 0 Å². The highest BCUT2D eigenvalue weighted by Crippen LogP contribution is 2.72. The minimum absolute atomic E-state index is 0.0246. The minimum atomic E-state index is -1.89. The van der Waals surface area contributed by atoms with Gasteiger partial charge in [-0.3, -0.25) is 9.59 Å². The highest BCUT2D eigenvalue weighted by atomic mass is 19.1.